The van der Waals surface area contributed by atoms with Gasteiger partial charge in [0.05, 0.1) is 77.6 Å². The van der Waals surface area contributed by atoms with Crippen molar-refractivity contribution < 1.29 is 0 Å². The summed E-state index contributed by atoms with van der Waals surface area (Å²) in [7, 11) is 0. The second-order valence-electron chi connectivity index (χ2n) is 36.4. The van der Waals surface area contributed by atoms with Crippen LogP contribution < -0.4 is 0 Å². The van der Waals surface area contributed by atoms with Crippen molar-refractivity contribution in [2.24, 2.45) is 0 Å². The molecule has 0 amide bonds. The molecule has 642 valence electrons. The molecular weight excluding hydrogens is 1670 g/mol. The Balaban J connectivity index is 0.613. The zero-order valence-electron chi connectivity index (χ0n) is 74.9. The molecule has 0 saturated carbocycles. The Labute approximate surface area is 794 Å². The average molecular weight is 1760 g/mol. The molecule has 0 aliphatic carbocycles. The summed E-state index contributed by atoms with van der Waals surface area (Å²) in [6, 6.07) is 183. The molecule has 0 saturated heterocycles. The van der Waals surface area contributed by atoms with Crippen molar-refractivity contribution in [2.45, 2.75) is 0 Å². The Hall–Kier alpha value is -18.5. The minimum Gasteiger partial charge on any atom is -0.309 e. The summed E-state index contributed by atoms with van der Waals surface area (Å²) >= 11 is 0. The Morgan fingerprint density at radius 2 is 0.297 bits per heavy atom. The van der Waals surface area contributed by atoms with Gasteiger partial charge in [-0.05, 0) is 279 Å². The van der Waals surface area contributed by atoms with Crippen molar-refractivity contribution >= 4 is 131 Å². The molecule has 0 N–H and O–H groups in total. The summed E-state index contributed by atoms with van der Waals surface area (Å²) in [5, 5.41) is 14.3. The molecule has 0 fully saturated rings. The first kappa shape index (κ1) is 78.2. The standard InChI is InChI=1S/C130H82N8/c1-6-28-83(29-7-1)84-30-24-31-85(70-84)86-32-25-35-97(71-86)130-131-116(95-33-26-44-102(72-95)137-126-66-58-91(87-54-62-122-108(74-87)104-46-16-20-50-118(104)133(122)98-36-8-2-9-37-98)78-112(126)113-79-92(59-67-127(113)137)88-55-63-123-109(75-88)105-47-17-21-51-119(105)134(123)99-38-10-3-11-39-99)82-117(132-130)96-34-27-45-103(73-96)138-128-68-60-93(89-56-64-124-110(76-89)106-48-18-22-52-120(106)135(124)100-40-12-4-13-41-100)80-114(128)115-81-94(61-69-129(115)138)90-57-65-125-111(77-90)107-49-19-23-53-121(107)136(125)101-42-14-5-15-43-101/h1-82H. The van der Waals surface area contributed by atoms with Gasteiger partial charge in [-0.3, -0.25) is 0 Å². The van der Waals surface area contributed by atoms with Crippen LogP contribution in [0.2, 0.25) is 0 Å². The smallest absolute Gasteiger partial charge is 0.160 e. The lowest BCUT2D eigenvalue weighted by molar-refractivity contribution is 1.16. The number of para-hydroxylation sites is 8. The van der Waals surface area contributed by atoms with Crippen LogP contribution in [0.4, 0.5) is 0 Å². The van der Waals surface area contributed by atoms with Crippen LogP contribution >= 0.6 is 0 Å². The van der Waals surface area contributed by atoms with Gasteiger partial charge in [0.25, 0.3) is 0 Å². The highest BCUT2D eigenvalue weighted by molar-refractivity contribution is 6.18. The molecule has 21 aromatic carbocycles. The fourth-order valence-corrected chi connectivity index (χ4v) is 22.2. The second-order valence-corrected chi connectivity index (χ2v) is 36.4. The van der Waals surface area contributed by atoms with E-state index in [1.54, 1.807) is 0 Å². The van der Waals surface area contributed by atoms with E-state index in [1.165, 1.54) is 87.2 Å². The van der Waals surface area contributed by atoms with Crippen LogP contribution in [0.5, 0.6) is 0 Å². The third kappa shape index (κ3) is 12.8. The normalized spacial score (nSPS) is 11.9. The number of hydrogen-bond acceptors (Lipinski definition) is 2. The largest absolute Gasteiger partial charge is 0.309 e. The first-order chi connectivity index (χ1) is 68.4. The fraction of sp³-hybridized carbons (Fsp3) is 0. The van der Waals surface area contributed by atoms with Gasteiger partial charge in [0.2, 0.25) is 0 Å². The monoisotopic (exact) mass is 1750 g/mol. The van der Waals surface area contributed by atoms with Gasteiger partial charge in [0, 0.05) is 115 Å². The molecule has 0 unspecified atom stereocenters. The van der Waals surface area contributed by atoms with Gasteiger partial charge in [-0.15, -0.1) is 0 Å². The molecule has 0 aliphatic rings. The molecule has 0 aliphatic heterocycles. The summed E-state index contributed by atoms with van der Waals surface area (Å²) in [5.41, 5.74) is 38.3. The topological polar surface area (TPSA) is 55.4 Å². The summed E-state index contributed by atoms with van der Waals surface area (Å²) < 4.78 is 14.5. The fourth-order valence-electron chi connectivity index (χ4n) is 22.2. The first-order valence-corrected chi connectivity index (χ1v) is 47.3. The van der Waals surface area contributed by atoms with E-state index in [1.807, 2.05) is 0 Å². The lowest BCUT2D eigenvalue weighted by Crippen LogP contribution is -1.99. The van der Waals surface area contributed by atoms with Crippen molar-refractivity contribution in [3.05, 3.63) is 497 Å². The van der Waals surface area contributed by atoms with Gasteiger partial charge < -0.3 is 27.4 Å². The zero-order valence-corrected chi connectivity index (χ0v) is 74.9. The lowest BCUT2D eigenvalue weighted by Gasteiger charge is -2.14. The Morgan fingerprint density at radius 3 is 0.587 bits per heavy atom. The highest BCUT2D eigenvalue weighted by Crippen LogP contribution is 2.47. The van der Waals surface area contributed by atoms with E-state index in [0.717, 1.165) is 173 Å². The molecule has 7 aromatic heterocycles. The molecule has 0 atom stereocenters. The minimum atomic E-state index is 0.615. The quantitative estimate of drug-likeness (QED) is 0.103. The molecule has 8 nitrogen and oxygen atoms in total. The molecule has 0 radical (unpaired) electrons. The van der Waals surface area contributed by atoms with Crippen molar-refractivity contribution in [3.8, 4) is 135 Å². The summed E-state index contributed by atoms with van der Waals surface area (Å²) in [6.45, 7) is 0. The van der Waals surface area contributed by atoms with Gasteiger partial charge >= 0.3 is 0 Å². The van der Waals surface area contributed by atoms with Crippen LogP contribution in [0, 0.1) is 0 Å². The van der Waals surface area contributed by atoms with Crippen molar-refractivity contribution in [2.75, 3.05) is 0 Å². The maximum Gasteiger partial charge on any atom is 0.160 e. The Kier molecular flexibility index (Phi) is 17.9. The highest BCUT2D eigenvalue weighted by Gasteiger charge is 2.25. The van der Waals surface area contributed by atoms with Crippen LogP contribution in [0.25, 0.3) is 266 Å². The second kappa shape index (κ2) is 31.6. The molecule has 8 heteroatoms. The van der Waals surface area contributed by atoms with E-state index < -0.39 is 0 Å². The summed E-state index contributed by atoms with van der Waals surface area (Å²) in [4.78, 5) is 11.5. The van der Waals surface area contributed by atoms with Crippen LogP contribution in [0.1, 0.15) is 0 Å². The third-order valence-corrected chi connectivity index (χ3v) is 28.6. The Morgan fingerprint density at radius 1 is 0.109 bits per heavy atom. The molecule has 0 spiro atoms. The molecule has 28 rings (SSSR count). The first-order valence-electron chi connectivity index (χ1n) is 47.3. The van der Waals surface area contributed by atoms with Crippen molar-refractivity contribution in [1.82, 2.24) is 37.4 Å². The lowest BCUT2D eigenvalue weighted by atomic mass is 9.98. The third-order valence-electron chi connectivity index (χ3n) is 28.6. The number of benzene rings is 21. The van der Waals surface area contributed by atoms with E-state index in [4.69, 9.17) is 9.97 Å². The summed E-state index contributed by atoms with van der Waals surface area (Å²) in [6.07, 6.45) is 0. The number of nitrogens with zero attached hydrogens (tertiary/aromatic N) is 8. The number of aromatic nitrogens is 8. The molecule has 7 heterocycles. The highest BCUT2D eigenvalue weighted by atomic mass is 15.0. The van der Waals surface area contributed by atoms with Gasteiger partial charge in [0.1, 0.15) is 0 Å². The van der Waals surface area contributed by atoms with Crippen molar-refractivity contribution in [3.63, 3.8) is 0 Å². The minimum absolute atomic E-state index is 0.615. The van der Waals surface area contributed by atoms with E-state index >= 15 is 0 Å². The van der Waals surface area contributed by atoms with Gasteiger partial charge in [-0.1, -0.05) is 285 Å². The predicted molar refractivity (Wildman–Crippen MR) is 577 cm³/mol. The average Bonchev–Trinajstić information content (AvgIpc) is 1.57. The van der Waals surface area contributed by atoms with E-state index in [9.17, 15) is 0 Å². The number of rotatable bonds is 15. The molecule has 28 aromatic rings. The van der Waals surface area contributed by atoms with Crippen LogP contribution in [-0.4, -0.2) is 37.4 Å². The van der Waals surface area contributed by atoms with E-state index in [2.05, 4.69) is 525 Å². The maximum absolute atomic E-state index is 5.74. The SMILES string of the molecule is c1ccc(-c2cccc(-c3cccc(-c4nc(-c5cccc(-n6c7ccc(-c8ccc9c(c8)c8ccccc8n9-c8ccccc8)cc7c7cc(-c8ccc9c(c8)c8ccccc8n9-c8ccccc8)ccc76)c5)cc(-c5cccc(-n6c7ccc(-c8ccc9c(c8)c8ccccc8n9-c8ccccc8)cc7c7cc(-c8ccc9c(c8)c8ccccc8n9-c8ccccc8)ccc76)c5)n4)c3)c2)cc1. The van der Waals surface area contributed by atoms with Gasteiger partial charge in [-0.25, -0.2) is 9.97 Å². The predicted octanol–water partition coefficient (Wildman–Crippen LogP) is 34.1. The molecule has 138 heavy (non-hydrogen) atoms. The van der Waals surface area contributed by atoms with E-state index in [0.29, 0.717) is 5.82 Å². The zero-order chi connectivity index (χ0) is 90.6. The van der Waals surface area contributed by atoms with Crippen LogP contribution in [0.15, 0.2) is 497 Å². The van der Waals surface area contributed by atoms with Crippen LogP contribution in [0.3, 0.4) is 0 Å². The maximum atomic E-state index is 5.74. The summed E-state index contributed by atoms with van der Waals surface area (Å²) in [5.74, 6) is 0.615. The number of hydrogen-bond donors (Lipinski definition) is 0. The van der Waals surface area contributed by atoms with Gasteiger partial charge in [0.15, 0.2) is 5.82 Å². The van der Waals surface area contributed by atoms with E-state index in [-0.39, 0.29) is 0 Å². The van der Waals surface area contributed by atoms with Crippen molar-refractivity contribution in [1.29, 1.82) is 0 Å². The molecule has 0 bridgehead atoms. The molecular formula is C130H82N8. The van der Waals surface area contributed by atoms with Crippen LogP contribution in [-0.2, 0) is 0 Å². The van der Waals surface area contributed by atoms with Gasteiger partial charge in [-0.2, -0.15) is 0 Å². The number of fused-ring (bicyclic) bond motifs is 18. The Bertz CT molecular complexity index is 8910.